The number of benzene rings is 1. The van der Waals surface area contributed by atoms with Gasteiger partial charge >= 0.3 is 0 Å². The molecule has 4 heteroatoms. The molecule has 3 rings (SSSR count). The number of nitrogens with one attached hydrogen (secondary N) is 1. The fraction of sp³-hybridized carbons (Fsp3) is 0.235. The van der Waals surface area contributed by atoms with Gasteiger partial charge in [-0.05, 0) is 37.0 Å². The highest BCUT2D eigenvalue weighted by Crippen LogP contribution is 2.47. The Bertz CT molecular complexity index is 652. The van der Waals surface area contributed by atoms with Crippen LogP contribution >= 0.6 is 0 Å². The van der Waals surface area contributed by atoms with Crippen molar-refractivity contribution in [2.75, 3.05) is 0 Å². The first kappa shape index (κ1) is 13.5. The van der Waals surface area contributed by atoms with Crippen molar-refractivity contribution < 1.29 is 4.79 Å². The standard InChI is InChI=1S/C17H17N3O/c1-12(16-9-5-6-10-18-16)19-20-17(21)15-11-14(15)13-7-3-2-4-8-13/h2-10,14-15H,11H2,1H3,(H,20,21). The first-order valence-corrected chi connectivity index (χ1v) is 7.06. The van der Waals surface area contributed by atoms with E-state index in [1.165, 1.54) is 5.56 Å². The molecule has 0 aliphatic heterocycles. The van der Waals surface area contributed by atoms with Gasteiger partial charge in [-0.3, -0.25) is 9.78 Å². The number of pyridine rings is 1. The smallest absolute Gasteiger partial charge is 0.243 e. The molecule has 0 spiro atoms. The molecule has 106 valence electrons. The number of amides is 1. The van der Waals surface area contributed by atoms with Gasteiger partial charge in [-0.15, -0.1) is 0 Å². The van der Waals surface area contributed by atoms with Crippen molar-refractivity contribution in [2.24, 2.45) is 11.0 Å². The number of nitrogens with zero attached hydrogens (tertiary/aromatic N) is 2. The summed E-state index contributed by atoms with van der Waals surface area (Å²) >= 11 is 0. The summed E-state index contributed by atoms with van der Waals surface area (Å²) in [6.45, 7) is 1.84. The maximum atomic E-state index is 12.1. The van der Waals surface area contributed by atoms with Crippen LogP contribution in [0.15, 0.2) is 59.8 Å². The molecule has 1 N–H and O–H groups in total. The first-order chi connectivity index (χ1) is 10.3. The SMILES string of the molecule is CC(=NNC(=O)C1CC1c1ccccc1)c1ccccn1. The van der Waals surface area contributed by atoms with Crippen LogP contribution in [0.4, 0.5) is 0 Å². The second-order valence-corrected chi connectivity index (χ2v) is 5.25. The molecule has 0 bridgehead atoms. The first-order valence-electron chi connectivity index (χ1n) is 7.06. The monoisotopic (exact) mass is 279 g/mol. The van der Waals surface area contributed by atoms with Gasteiger partial charge in [0.15, 0.2) is 0 Å². The summed E-state index contributed by atoms with van der Waals surface area (Å²) in [5.41, 5.74) is 5.36. The third-order valence-corrected chi connectivity index (χ3v) is 3.72. The van der Waals surface area contributed by atoms with Crippen LogP contribution in [0, 0.1) is 5.92 Å². The lowest BCUT2D eigenvalue weighted by atomic mass is 10.1. The molecule has 1 heterocycles. The lowest BCUT2D eigenvalue weighted by Crippen LogP contribution is -2.21. The topological polar surface area (TPSA) is 54.4 Å². The van der Waals surface area contributed by atoms with Crippen molar-refractivity contribution in [3.63, 3.8) is 0 Å². The maximum Gasteiger partial charge on any atom is 0.243 e. The highest BCUT2D eigenvalue weighted by Gasteiger charge is 2.43. The molecule has 21 heavy (non-hydrogen) atoms. The van der Waals surface area contributed by atoms with Gasteiger partial charge in [0.2, 0.25) is 5.91 Å². The van der Waals surface area contributed by atoms with Crippen LogP contribution in [0.25, 0.3) is 0 Å². The molecular weight excluding hydrogens is 262 g/mol. The van der Waals surface area contributed by atoms with Gasteiger partial charge in [-0.2, -0.15) is 5.10 Å². The van der Waals surface area contributed by atoms with Crippen LogP contribution in [0.2, 0.25) is 0 Å². The molecule has 1 aromatic carbocycles. The molecule has 1 aliphatic carbocycles. The number of aromatic nitrogens is 1. The zero-order valence-corrected chi connectivity index (χ0v) is 11.9. The fourth-order valence-electron chi connectivity index (χ4n) is 2.41. The summed E-state index contributed by atoms with van der Waals surface area (Å²) in [5, 5.41) is 4.14. The lowest BCUT2D eigenvalue weighted by molar-refractivity contribution is -0.122. The van der Waals surface area contributed by atoms with E-state index < -0.39 is 0 Å². The van der Waals surface area contributed by atoms with Crippen LogP contribution in [-0.4, -0.2) is 16.6 Å². The average molecular weight is 279 g/mol. The van der Waals surface area contributed by atoms with Crippen molar-refractivity contribution in [3.8, 4) is 0 Å². The number of carbonyl (C=O) groups is 1. The number of carbonyl (C=O) groups excluding carboxylic acids is 1. The van der Waals surface area contributed by atoms with E-state index in [2.05, 4.69) is 27.6 Å². The predicted molar refractivity (Wildman–Crippen MR) is 81.9 cm³/mol. The Morgan fingerprint density at radius 3 is 2.67 bits per heavy atom. The van der Waals surface area contributed by atoms with Crippen LogP contribution < -0.4 is 5.43 Å². The number of rotatable bonds is 4. The van der Waals surface area contributed by atoms with Crippen molar-refractivity contribution in [2.45, 2.75) is 19.3 Å². The largest absolute Gasteiger partial charge is 0.273 e. The Labute approximate surface area is 123 Å². The summed E-state index contributed by atoms with van der Waals surface area (Å²) in [7, 11) is 0. The highest BCUT2D eigenvalue weighted by atomic mass is 16.2. The van der Waals surface area contributed by atoms with Gasteiger partial charge in [0.05, 0.1) is 11.4 Å². The van der Waals surface area contributed by atoms with Gasteiger partial charge in [0.25, 0.3) is 0 Å². The molecule has 2 atom stereocenters. The molecule has 1 aromatic heterocycles. The van der Waals surface area contributed by atoms with Gasteiger partial charge in [-0.1, -0.05) is 36.4 Å². The molecular formula is C17H17N3O. The molecule has 2 unspecified atom stereocenters. The number of hydrogen-bond acceptors (Lipinski definition) is 3. The van der Waals surface area contributed by atoms with E-state index in [0.29, 0.717) is 11.6 Å². The van der Waals surface area contributed by atoms with E-state index in [1.54, 1.807) is 6.20 Å². The van der Waals surface area contributed by atoms with Gasteiger partial charge in [0.1, 0.15) is 0 Å². The number of hydrazone groups is 1. The minimum atomic E-state index is -0.0147. The predicted octanol–water partition coefficient (Wildman–Crippen LogP) is 2.73. The third-order valence-electron chi connectivity index (χ3n) is 3.72. The van der Waals surface area contributed by atoms with Crippen molar-refractivity contribution in [1.29, 1.82) is 0 Å². The Hall–Kier alpha value is -2.49. The summed E-state index contributed by atoms with van der Waals surface area (Å²) in [6, 6.07) is 15.8. The second-order valence-electron chi connectivity index (χ2n) is 5.25. The molecule has 2 aromatic rings. The zero-order valence-electron chi connectivity index (χ0n) is 11.9. The van der Waals surface area contributed by atoms with E-state index >= 15 is 0 Å². The quantitative estimate of drug-likeness (QED) is 0.691. The summed E-state index contributed by atoms with van der Waals surface area (Å²) < 4.78 is 0. The fourth-order valence-corrected chi connectivity index (χ4v) is 2.41. The van der Waals surface area contributed by atoms with E-state index in [0.717, 1.165) is 12.1 Å². The summed E-state index contributed by atoms with van der Waals surface area (Å²) in [6.07, 6.45) is 2.61. The molecule has 1 saturated carbocycles. The normalized spacial score (nSPS) is 20.9. The van der Waals surface area contributed by atoms with Crippen LogP contribution in [0.1, 0.15) is 30.5 Å². The Balaban J connectivity index is 1.59. The van der Waals surface area contributed by atoms with Crippen LogP contribution in [0.5, 0.6) is 0 Å². The Morgan fingerprint density at radius 1 is 1.19 bits per heavy atom. The number of hydrogen-bond donors (Lipinski definition) is 1. The highest BCUT2D eigenvalue weighted by molar-refractivity contribution is 5.97. The molecule has 1 amide bonds. The van der Waals surface area contributed by atoms with Crippen molar-refractivity contribution in [1.82, 2.24) is 10.4 Å². The molecule has 0 radical (unpaired) electrons. The van der Waals surface area contributed by atoms with E-state index in [-0.39, 0.29) is 11.8 Å². The minimum absolute atomic E-state index is 0.0147. The van der Waals surface area contributed by atoms with E-state index in [9.17, 15) is 4.79 Å². The van der Waals surface area contributed by atoms with Crippen molar-refractivity contribution in [3.05, 3.63) is 66.0 Å². The minimum Gasteiger partial charge on any atom is -0.273 e. The van der Waals surface area contributed by atoms with Crippen LogP contribution in [-0.2, 0) is 4.79 Å². The van der Waals surface area contributed by atoms with Crippen molar-refractivity contribution >= 4 is 11.6 Å². The average Bonchev–Trinajstić information content (AvgIpc) is 3.35. The van der Waals surface area contributed by atoms with Gasteiger partial charge in [-0.25, -0.2) is 5.43 Å². The van der Waals surface area contributed by atoms with Gasteiger partial charge < -0.3 is 0 Å². The van der Waals surface area contributed by atoms with Crippen LogP contribution in [0.3, 0.4) is 0 Å². The Morgan fingerprint density at radius 2 is 1.95 bits per heavy atom. The zero-order chi connectivity index (χ0) is 14.7. The molecule has 1 aliphatic rings. The maximum absolute atomic E-state index is 12.1. The van der Waals surface area contributed by atoms with E-state index in [1.807, 2.05) is 43.3 Å². The molecule has 4 nitrogen and oxygen atoms in total. The third kappa shape index (κ3) is 3.16. The Kier molecular flexibility index (Phi) is 3.77. The van der Waals surface area contributed by atoms with Gasteiger partial charge in [0, 0.05) is 12.1 Å². The molecule has 0 saturated heterocycles. The second kappa shape index (κ2) is 5.87. The lowest BCUT2D eigenvalue weighted by Gasteiger charge is -2.02. The summed E-state index contributed by atoms with van der Waals surface area (Å²) in [4.78, 5) is 16.3. The summed E-state index contributed by atoms with van der Waals surface area (Å²) in [5.74, 6) is 0.350. The van der Waals surface area contributed by atoms with E-state index in [4.69, 9.17) is 0 Å². The molecule has 1 fully saturated rings.